The maximum atomic E-state index is 11.9. The van der Waals surface area contributed by atoms with E-state index in [1.54, 1.807) is 0 Å². The second-order valence-corrected chi connectivity index (χ2v) is 2.32. The molecule has 0 aliphatic rings. The Morgan fingerprint density at radius 1 is 1.62 bits per heavy atom. The highest BCUT2D eigenvalue weighted by Gasteiger charge is 2.11. The third-order valence-electron chi connectivity index (χ3n) is 0.526. The zero-order chi connectivity index (χ0) is 6.15. The number of halogens is 2. The molecule has 0 bridgehead atoms. The molecular formula is C2F2N2S2. The molecule has 0 saturated carbocycles. The second kappa shape index (κ2) is 1.87. The molecule has 0 spiro atoms. The predicted molar refractivity (Wildman–Crippen MR) is 25.0 cm³/mol. The van der Waals surface area contributed by atoms with Crippen LogP contribution in [0.4, 0.5) is 8.78 Å². The summed E-state index contributed by atoms with van der Waals surface area (Å²) in [6, 6.07) is 0. The molecular weight excluding hydrogens is 154 g/mol. The molecule has 0 unspecified atom stereocenters. The number of hydrogen-bond acceptors (Lipinski definition) is 3. The third-order valence-corrected chi connectivity index (χ3v) is 1.44. The van der Waals surface area contributed by atoms with Crippen molar-refractivity contribution in [3.05, 3.63) is 11.9 Å². The Hall–Kier alpha value is -0.360. The Labute approximate surface area is 53.6 Å². The van der Waals surface area contributed by atoms with Crippen molar-refractivity contribution in [2.45, 2.75) is 0 Å². The summed E-state index contributed by atoms with van der Waals surface area (Å²) in [5, 5.41) is 0. The van der Waals surface area contributed by atoms with Gasteiger partial charge in [0.15, 0.2) is 0 Å². The van der Waals surface area contributed by atoms with Crippen molar-refractivity contribution in [3.63, 3.8) is 0 Å². The molecule has 44 valence electrons. The molecule has 0 fully saturated rings. The van der Waals surface area contributed by atoms with E-state index >= 15 is 0 Å². The van der Waals surface area contributed by atoms with Gasteiger partial charge in [-0.05, 0) is 4.37 Å². The van der Waals surface area contributed by atoms with Crippen LogP contribution in [0.5, 0.6) is 0 Å². The van der Waals surface area contributed by atoms with Gasteiger partial charge in [0.1, 0.15) is 0 Å². The standard InChI is InChI=1S/C2F2N2S2/c3-1-2(4)6(7)8-5-1. The zero-order valence-electron chi connectivity index (χ0n) is 3.47. The van der Waals surface area contributed by atoms with Gasteiger partial charge in [-0.3, -0.25) is 0 Å². The molecule has 1 heterocycles. The van der Waals surface area contributed by atoms with Gasteiger partial charge in [-0.15, -0.1) is 4.39 Å². The highest BCUT2D eigenvalue weighted by Crippen LogP contribution is 1.95. The molecule has 6 heteroatoms. The fraction of sp³-hybridized carbons (Fsp3) is 0. The van der Waals surface area contributed by atoms with Crippen LogP contribution in [0.3, 0.4) is 0 Å². The fourth-order valence-electron chi connectivity index (χ4n) is 0.222. The van der Waals surface area contributed by atoms with Gasteiger partial charge in [0.05, 0.1) is 11.7 Å². The highest BCUT2D eigenvalue weighted by molar-refractivity contribution is 7.52. The predicted octanol–water partition coefficient (Wildman–Crippen LogP) is 0.0188. The summed E-state index contributed by atoms with van der Waals surface area (Å²) >= 11 is 4.79. The lowest BCUT2D eigenvalue weighted by atomic mass is 10.9. The van der Waals surface area contributed by atoms with Crippen molar-refractivity contribution in [2.75, 3.05) is 0 Å². The number of aromatic nitrogens is 2. The summed E-state index contributed by atoms with van der Waals surface area (Å²) in [6.07, 6.45) is 0. The maximum absolute atomic E-state index is 11.9. The van der Waals surface area contributed by atoms with Gasteiger partial charge in [-0.1, -0.05) is 0 Å². The van der Waals surface area contributed by atoms with Crippen LogP contribution in [-0.2, 0) is 12.8 Å². The first kappa shape index (κ1) is 5.77. The van der Waals surface area contributed by atoms with Crippen LogP contribution in [0.2, 0.25) is 0 Å². The molecule has 0 radical (unpaired) electrons. The monoisotopic (exact) mass is 154 g/mol. The van der Waals surface area contributed by atoms with Crippen molar-refractivity contribution in [3.8, 4) is 0 Å². The maximum Gasteiger partial charge on any atom is 0.389 e. The average molecular weight is 154 g/mol. The molecule has 2 nitrogen and oxygen atoms in total. The molecule has 0 saturated heterocycles. The molecule has 0 aliphatic heterocycles. The SMILES string of the molecule is Fc1ns[n+]([S-])c1F. The van der Waals surface area contributed by atoms with Gasteiger partial charge >= 0.3 is 11.9 Å². The van der Waals surface area contributed by atoms with Gasteiger partial charge in [0, 0.05) is 0 Å². The quantitative estimate of drug-likeness (QED) is 0.387. The average Bonchev–Trinajstić information content (AvgIpc) is 1.98. The van der Waals surface area contributed by atoms with Gasteiger partial charge in [-0.25, -0.2) is 3.36 Å². The Balaban J connectivity index is 3.19. The first-order valence-corrected chi connectivity index (χ1v) is 2.72. The Kier molecular flexibility index (Phi) is 1.35. The number of rotatable bonds is 0. The van der Waals surface area contributed by atoms with Crippen LogP contribution in [0, 0.1) is 11.9 Å². The van der Waals surface area contributed by atoms with Crippen LogP contribution in [0.1, 0.15) is 0 Å². The van der Waals surface area contributed by atoms with E-state index in [4.69, 9.17) is 0 Å². The van der Waals surface area contributed by atoms with Gasteiger partial charge in [0.2, 0.25) is 0 Å². The summed E-state index contributed by atoms with van der Waals surface area (Å²) < 4.78 is 27.3. The van der Waals surface area contributed by atoms with E-state index in [1.165, 1.54) is 0 Å². The van der Waals surface area contributed by atoms with Gasteiger partial charge in [0.25, 0.3) is 0 Å². The van der Waals surface area contributed by atoms with E-state index in [1.807, 2.05) is 0 Å². The molecule has 1 aromatic rings. The first-order chi connectivity index (χ1) is 3.72. The Morgan fingerprint density at radius 3 is 2.38 bits per heavy atom. The minimum absolute atomic E-state index is 0.562. The summed E-state index contributed by atoms with van der Waals surface area (Å²) in [4.78, 5) is 0. The summed E-state index contributed by atoms with van der Waals surface area (Å²) in [7, 11) is 0. The minimum atomic E-state index is -1.13. The topological polar surface area (TPSA) is 16.8 Å². The van der Waals surface area contributed by atoms with E-state index < -0.39 is 11.9 Å². The number of nitrogens with zero attached hydrogens (tertiary/aromatic N) is 2. The van der Waals surface area contributed by atoms with E-state index in [2.05, 4.69) is 17.2 Å². The first-order valence-electron chi connectivity index (χ1n) is 1.62. The van der Waals surface area contributed by atoms with Crippen LogP contribution >= 0.6 is 11.7 Å². The van der Waals surface area contributed by atoms with Crippen molar-refractivity contribution < 1.29 is 12.1 Å². The summed E-state index contributed by atoms with van der Waals surface area (Å²) in [5.41, 5.74) is 0. The van der Waals surface area contributed by atoms with E-state index in [0.29, 0.717) is 15.1 Å². The Morgan fingerprint density at radius 2 is 2.25 bits per heavy atom. The van der Waals surface area contributed by atoms with E-state index in [9.17, 15) is 8.78 Å². The molecule has 0 aromatic carbocycles. The molecule has 0 aliphatic carbocycles. The lowest BCUT2D eigenvalue weighted by molar-refractivity contribution is -0.455. The van der Waals surface area contributed by atoms with Crippen molar-refractivity contribution in [1.29, 1.82) is 0 Å². The minimum Gasteiger partial charge on any atom is -0.243 e. The molecule has 0 N–H and O–H groups in total. The Bertz CT molecular complexity index is 178. The van der Waals surface area contributed by atoms with Gasteiger partial charge < -0.3 is 0 Å². The molecule has 1 rings (SSSR count). The largest absolute Gasteiger partial charge is 0.389 e. The lowest BCUT2D eigenvalue weighted by Gasteiger charge is -1.81. The fourth-order valence-corrected chi connectivity index (χ4v) is 0.765. The molecule has 8 heavy (non-hydrogen) atoms. The number of hydrogen-bond donors (Lipinski definition) is 0. The lowest BCUT2D eigenvalue weighted by Crippen LogP contribution is -2.24. The smallest absolute Gasteiger partial charge is 0.243 e. The second-order valence-electron chi connectivity index (χ2n) is 1.01. The molecule has 0 atom stereocenters. The van der Waals surface area contributed by atoms with Crippen molar-refractivity contribution in [2.24, 2.45) is 0 Å². The van der Waals surface area contributed by atoms with Crippen LogP contribution in [-0.4, -0.2) is 4.37 Å². The summed E-state index contributed by atoms with van der Waals surface area (Å²) in [5.74, 6) is -2.23. The van der Waals surface area contributed by atoms with Crippen molar-refractivity contribution >= 4 is 24.5 Å². The molecule has 1 aromatic heterocycles. The van der Waals surface area contributed by atoms with Crippen LogP contribution in [0.25, 0.3) is 0 Å². The van der Waals surface area contributed by atoms with Gasteiger partial charge in [-0.2, -0.15) is 17.2 Å². The highest BCUT2D eigenvalue weighted by atomic mass is 32.2. The van der Waals surface area contributed by atoms with E-state index in [-0.39, 0.29) is 0 Å². The zero-order valence-corrected chi connectivity index (χ0v) is 5.10. The third kappa shape index (κ3) is 0.760. The normalized spacial score (nSPS) is 9.75. The van der Waals surface area contributed by atoms with Crippen LogP contribution < -0.4 is 3.36 Å². The van der Waals surface area contributed by atoms with E-state index in [0.717, 1.165) is 0 Å². The van der Waals surface area contributed by atoms with Crippen molar-refractivity contribution in [1.82, 2.24) is 4.37 Å². The molecule has 0 amide bonds. The van der Waals surface area contributed by atoms with Crippen LogP contribution in [0.15, 0.2) is 0 Å². The summed E-state index contributed by atoms with van der Waals surface area (Å²) in [6.45, 7) is 0.